The summed E-state index contributed by atoms with van der Waals surface area (Å²) in [5.74, 6) is 0.415. The zero-order valence-corrected chi connectivity index (χ0v) is 21.6. The van der Waals surface area contributed by atoms with E-state index in [2.05, 4.69) is 15.6 Å². The molecule has 0 radical (unpaired) electrons. The predicted molar refractivity (Wildman–Crippen MR) is 142 cm³/mol. The molecule has 0 unspecified atom stereocenters. The van der Waals surface area contributed by atoms with Gasteiger partial charge in [-0.1, -0.05) is 12.1 Å². The largest absolute Gasteiger partial charge is 0.457 e. The Morgan fingerprint density at radius 3 is 2.30 bits per heavy atom. The number of benzene rings is 3. The molecule has 2 N–H and O–H groups in total. The van der Waals surface area contributed by atoms with E-state index < -0.39 is 34.9 Å². The molecule has 204 valence electrons. The van der Waals surface area contributed by atoms with Crippen molar-refractivity contribution in [2.24, 2.45) is 0 Å². The van der Waals surface area contributed by atoms with Gasteiger partial charge in [-0.05, 0) is 80.1 Å². The number of pyridine rings is 1. The van der Waals surface area contributed by atoms with E-state index in [1.54, 1.807) is 63.2 Å². The molecule has 0 aliphatic rings. The molecule has 0 bridgehead atoms. The summed E-state index contributed by atoms with van der Waals surface area (Å²) in [6, 6.07) is 17.6. The Morgan fingerprint density at radius 2 is 1.60 bits per heavy atom. The van der Waals surface area contributed by atoms with Crippen LogP contribution in [0.2, 0.25) is 0 Å². The van der Waals surface area contributed by atoms with Crippen LogP contribution in [0, 0.1) is 11.3 Å². The number of anilines is 2. The van der Waals surface area contributed by atoms with E-state index in [9.17, 15) is 22.8 Å². The number of amides is 2. The number of ether oxygens (including phenoxy) is 2. The highest BCUT2D eigenvalue weighted by Crippen LogP contribution is 2.34. The van der Waals surface area contributed by atoms with Crippen LogP contribution in [0.25, 0.3) is 10.8 Å². The van der Waals surface area contributed by atoms with E-state index >= 15 is 0 Å². The number of rotatable bonds is 5. The molecule has 4 rings (SSSR count). The lowest BCUT2D eigenvalue weighted by atomic mass is 10.1. The normalized spacial score (nSPS) is 11.4. The highest BCUT2D eigenvalue weighted by Gasteiger charge is 2.34. The van der Waals surface area contributed by atoms with E-state index in [1.807, 2.05) is 0 Å². The van der Waals surface area contributed by atoms with Gasteiger partial charge >= 0.3 is 12.3 Å². The molecular weight excluding hydrogens is 525 g/mol. The fourth-order valence-electron chi connectivity index (χ4n) is 3.67. The molecule has 0 saturated heterocycles. The number of hydrogen-bond acceptors (Lipinski definition) is 6. The Morgan fingerprint density at radius 1 is 0.875 bits per heavy atom. The van der Waals surface area contributed by atoms with Gasteiger partial charge in [0.05, 0.1) is 17.2 Å². The van der Waals surface area contributed by atoms with E-state index in [0.717, 1.165) is 17.5 Å². The van der Waals surface area contributed by atoms with Crippen molar-refractivity contribution in [3.8, 4) is 17.6 Å². The maximum atomic E-state index is 13.3. The van der Waals surface area contributed by atoms with Crippen LogP contribution in [0.5, 0.6) is 11.5 Å². The number of carbonyl (C=O) groups is 2. The van der Waals surface area contributed by atoms with Crippen molar-refractivity contribution < 1.29 is 32.2 Å². The fourth-order valence-corrected chi connectivity index (χ4v) is 3.67. The molecule has 0 atom stereocenters. The molecule has 4 aromatic rings. The Kier molecular flexibility index (Phi) is 7.63. The van der Waals surface area contributed by atoms with E-state index in [0.29, 0.717) is 16.9 Å². The molecule has 0 fully saturated rings. The van der Waals surface area contributed by atoms with E-state index in [1.165, 1.54) is 24.4 Å². The molecule has 40 heavy (non-hydrogen) atoms. The lowest BCUT2D eigenvalue weighted by Crippen LogP contribution is -2.27. The molecule has 0 spiro atoms. The average molecular weight is 549 g/mol. The van der Waals surface area contributed by atoms with Gasteiger partial charge in [-0.2, -0.15) is 18.4 Å². The molecule has 0 aliphatic heterocycles. The standard InChI is InChI=1S/C29H23F3N4O4/c1-28(2,3)40-27(38)36-25-15-23(10-11-34-25)39-22-9-7-17-4-5-18(12-20(17)13-22)26(37)35-21-8-6-19(16-33)24(14-21)29(30,31)32/h4-15H,1-3H3,(H,35,37)(H,34,36,38). The summed E-state index contributed by atoms with van der Waals surface area (Å²) in [6.07, 6.45) is -3.95. The number of hydrogen-bond donors (Lipinski definition) is 2. The van der Waals surface area contributed by atoms with Crippen molar-refractivity contribution in [2.45, 2.75) is 32.5 Å². The Labute approximate surface area is 227 Å². The van der Waals surface area contributed by atoms with Gasteiger partial charge in [-0.25, -0.2) is 9.78 Å². The van der Waals surface area contributed by atoms with Gasteiger partial charge in [0.25, 0.3) is 5.91 Å². The second-order valence-electron chi connectivity index (χ2n) is 9.65. The van der Waals surface area contributed by atoms with Crippen LogP contribution < -0.4 is 15.4 Å². The Hall–Kier alpha value is -5.11. The monoisotopic (exact) mass is 548 g/mol. The summed E-state index contributed by atoms with van der Waals surface area (Å²) < 4.78 is 51.0. The number of aromatic nitrogens is 1. The first-order valence-electron chi connectivity index (χ1n) is 11.9. The summed E-state index contributed by atoms with van der Waals surface area (Å²) in [4.78, 5) is 28.9. The average Bonchev–Trinajstić information content (AvgIpc) is 2.86. The first-order valence-corrected chi connectivity index (χ1v) is 11.9. The summed E-state index contributed by atoms with van der Waals surface area (Å²) >= 11 is 0. The van der Waals surface area contributed by atoms with Gasteiger partial charge in [-0.15, -0.1) is 0 Å². The molecule has 1 aromatic heterocycles. The Bertz CT molecular complexity index is 1640. The maximum absolute atomic E-state index is 13.3. The van der Waals surface area contributed by atoms with Crippen LogP contribution in [0.4, 0.5) is 29.5 Å². The number of carbonyl (C=O) groups excluding carboxylic acids is 2. The number of fused-ring (bicyclic) bond motifs is 1. The SMILES string of the molecule is CC(C)(C)OC(=O)Nc1cc(Oc2ccc3ccc(C(=O)Nc4ccc(C#N)c(C(F)(F)F)c4)cc3c2)ccn1. The molecule has 11 heteroatoms. The summed E-state index contributed by atoms with van der Waals surface area (Å²) in [6.45, 7) is 5.22. The predicted octanol–water partition coefficient (Wildman–Crippen LogP) is 7.52. The second-order valence-corrected chi connectivity index (χ2v) is 9.65. The van der Waals surface area contributed by atoms with Crippen LogP contribution in [-0.2, 0) is 10.9 Å². The van der Waals surface area contributed by atoms with Crippen molar-refractivity contribution >= 4 is 34.3 Å². The maximum Gasteiger partial charge on any atom is 0.417 e. The first-order chi connectivity index (χ1) is 18.8. The van der Waals surface area contributed by atoms with Crippen LogP contribution in [0.3, 0.4) is 0 Å². The number of alkyl halides is 3. The summed E-state index contributed by atoms with van der Waals surface area (Å²) in [5.41, 5.74) is -2.23. The lowest BCUT2D eigenvalue weighted by Gasteiger charge is -2.19. The smallest absolute Gasteiger partial charge is 0.417 e. The third-order valence-corrected chi connectivity index (χ3v) is 5.37. The van der Waals surface area contributed by atoms with Gasteiger partial charge in [-0.3, -0.25) is 10.1 Å². The molecule has 3 aromatic carbocycles. The van der Waals surface area contributed by atoms with Crippen LogP contribution in [-0.4, -0.2) is 22.6 Å². The molecule has 0 aliphatic carbocycles. The number of nitrogens with zero attached hydrogens (tertiary/aromatic N) is 2. The van der Waals surface area contributed by atoms with Crippen LogP contribution in [0.15, 0.2) is 72.9 Å². The molecule has 2 amide bonds. The highest BCUT2D eigenvalue weighted by atomic mass is 19.4. The van der Waals surface area contributed by atoms with Crippen molar-refractivity contribution in [3.05, 3.63) is 89.6 Å². The van der Waals surface area contributed by atoms with Gasteiger partial charge in [0.15, 0.2) is 0 Å². The second kappa shape index (κ2) is 10.9. The zero-order valence-electron chi connectivity index (χ0n) is 21.6. The van der Waals surface area contributed by atoms with Crippen LogP contribution in [0.1, 0.15) is 42.3 Å². The zero-order chi connectivity index (χ0) is 29.1. The van der Waals surface area contributed by atoms with Gasteiger partial charge in [0.1, 0.15) is 22.9 Å². The fraction of sp³-hybridized carbons (Fsp3) is 0.172. The van der Waals surface area contributed by atoms with Crippen molar-refractivity contribution in [2.75, 3.05) is 10.6 Å². The topological polar surface area (TPSA) is 113 Å². The minimum absolute atomic E-state index is 0.0954. The van der Waals surface area contributed by atoms with E-state index in [4.69, 9.17) is 14.7 Å². The first kappa shape index (κ1) is 27.9. The van der Waals surface area contributed by atoms with Gasteiger partial charge < -0.3 is 14.8 Å². The van der Waals surface area contributed by atoms with E-state index in [-0.39, 0.29) is 17.1 Å². The van der Waals surface area contributed by atoms with Crippen molar-refractivity contribution in [1.29, 1.82) is 5.26 Å². The Balaban J connectivity index is 1.51. The third kappa shape index (κ3) is 7.05. The lowest BCUT2D eigenvalue weighted by molar-refractivity contribution is -0.137. The van der Waals surface area contributed by atoms with Gasteiger partial charge in [0.2, 0.25) is 0 Å². The summed E-state index contributed by atoms with van der Waals surface area (Å²) in [5, 5.41) is 15.4. The minimum Gasteiger partial charge on any atom is -0.457 e. The molecule has 8 nitrogen and oxygen atoms in total. The number of nitriles is 1. The number of nitrogens with one attached hydrogen (secondary N) is 2. The molecule has 0 saturated carbocycles. The van der Waals surface area contributed by atoms with Crippen molar-refractivity contribution in [3.63, 3.8) is 0 Å². The summed E-state index contributed by atoms with van der Waals surface area (Å²) in [7, 11) is 0. The minimum atomic E-state index is -4.74. The number of halogens is 3. The quantitative estimate of drug-likeness (QED) is 0.267. The molecule has 1 heterocycles. The molecular formula is C29H23F3N4O4. The van der Waals surface area contributed by atoms with Gasteiger partial charge in [0, 0.05) is 23.5 Å². The highest BCUT2D eigenvalue weighted by molar-refractivity contribution is 6.06. The van der Waals surface area contributed by atoms with Crippen molar-refractivity contribution in [1.82, 2.24) is 4.98 Å². The van der Waals surface area contributed by atoms with Crippen LogP contribution >= 0.6 is 0 Å². The third-order valence-electron chi connectivity index (χ3n) is 5.37.